The van der Waals surface area contributed by atoms with Crippen LogP contribution in [0.15, 0.2) is 78.3 Å². The van der Waals surface area contributed by atoms with Crippen LogP contribution in [0, 0.1) is 0 Å². The summed E-state index contributed by atoms with van der Waals surface area (Å²) in [6.07, 6.45) is 5.44. The van der Waals surface area contributed by atoms with Gasteiger partial charge in [-0.3, -0.25) is 10.1 Å². The second kappa shape index (κ2) is 10.7. The van der Waals surface area contributed by atoms with Crippen molar-refractivity contribution in [2.24, 2.45) is 4.99 Å². The predicted octanol–water partition coefficient (Wildman–Crippen LogP) is 3.48. The van der Waals surface area contributed by atoms with E-state index >= 15 is 0 Å². The van der Waals surface area contributed by atoms with E-state index in [2.05, 4.69) is 47.6 Å². The second-order valence-electron chi connectivity index (χ2n) is 6.92. The topological polar surface area (TPSA) is 87.0 Å². The molecule has 0 spiro atoms. The van der Waals surface area contributed by atoms with Crippen LogP contribution in [-0.2, 0) is 13.1 Å². The van der Waals surface area contributed by atoms with Crippen LogP contribution >= 0.6 is 24.0 Å². The number of rotatable bonds is 6. The fourth-order valence-corrected chi connectivity index (χ4v) is 3.25. The van der Waals surface area contributed by atoms with Gasteiger partial charge < -0.3 is 10.2 Å². The number of halogens is 1. The van der Waals surface area contributed by atoms with Gasteiger partial charge >= 0.3 is 0 Å². The highest BCUT2D eigenvalue weighted by Crippen LogP contribution is 2.15. The Bertz CT molecular complexity index is 1110. The van der Waals surface area contributed by atoms with E-state index < -0.39 is 0 Å². The number of nitrogens with zero attached hydrogens (tertiary/aromatic N) is 6. The Morgan fingerprint density at radius 2 is 1.97 bits per heavy atom. The highest BCUT2D eigenvalue weighted by molar-refractivity contribution is 14.0. The molecule has 0 fully saturated rings. The van der Waals surface area contributed by atoms with Crippen LogP contribution in [0.25, 0.3) is 17.1 Å². The molecule has 0 aliphatic carbocycles. The Balaban J connectivity index is 0.00000272. The lowest BCUT2D eigenvalue weighted by Crippen LogP contribution is -2.37. The highest BCUT2D eigenvalue weighted by atomic mass is 127. The summed E-state index contributed by atoms with van der Waals surface area (Å²) in [6.45, 7) is 1.35. The van der Waals surface area contributed by atoms with Crippen LogP contribution in [-0.4, -0.2) is 49.9 Å². The van der Waals surface area contributed by atoms with Crippen molar-refractivity contribution in [2.45, 2.75) is 13.1 Å². The largest absolute Gasteiger partial charge is 0.352 e. The minimum Gasteiger partial charge on any atom is -0.352 e. The van der Waals surface area contributed by atoms with Crippen molar-refractivity contribution in [1.29, 1.82) is 0 Å². The number of H-pyrrole nitrogens is 1. The number of guanidine groups is 1. The SMILES string of the molecule is CN=C(NCc1cccc(-c2ncn[nH]2)c1)N(C)Cc1cnn(-c2ccccc2)c1.I. The van der Waals surface area contributed by atoms with Gasteiger partial charge in [0.25, 0.3) is 0 Å². The van der Waals surface area contributed by atoms with Gasteiger partial charge in [-0.05, 0) is 23.8 Å². The number of aromatic nitrogens is 5. The Morgan fingerprint density at radius 1 is 1.13 bits per heavy atom. The third-order valence-corrected chi connectivity index (χ3v) is 4.72. The fourth-order valence-electron chi connectivity index (χ4n) is 3.25. The molecule has 2 heterocycles. The van der Waals surface area contributed by atoms with E-state index in [1.807, 2.05) is 66.6 Å². The third kappa shape index (κ3) is 5.69. The van der Waals surface area contributed by atoms with Gasteiger partial charge in [-0.15, -0.1) is 24.0 Å². The lowest BCUT2D eigenvalue weighted by Gasteiger charge is -2.21. The molecule has 0 saturated carbocycles. The Hall–Kier alpha value is -3.21. The van der Waals surface area contributed by atoms with E-state index in [-0.39, 0.29) is 24.0 Å². The molecule has 2 aromatic heterocycles. The normalized spacial score (nSPS) is 11.1. The van der Waals surface area contributed by atoms with Gasteiger partial charge in [0, 0.05) is 44.5 Å². The van der Waals surface area contributed by atoms with Crippen LogP contribution in [0.4, 0.5) is 0 Å². The maximum Gasteiger partial charge on any atom is 0.193 e. The summed E-state index contributed by atoms with van der Waals surface area (Å²) in [7, 11) is 3.80. The van der Waals surface area contributed by atoms with E-state index in [1.165, 1.54) is 6.33 Å². The molecule has 0 bridgehead atoms. The molecule has 0 atom stereocenters. The zero-order valence-electron chi connectivity index (χ0n) is 17.4. The number of benzene rings is 2. The average molecular weight is 528 g/mol. The van der Waals surface area contributed by atoms with Gasteiger partial charge in [0.15, 0.2) is 11.8 Å². The highest BCUT2D eigenvalue weighted by Gasteiger charge is 2.09. The number of para-hydroxylation sites is 1. The fraction of sp³-hybridized carbons (Fsp3) is 0.182. The maximum absolute atomic E-state index is 4.47. The Kier molecular flexibility index (Phi) is 7.76. The molecule has 2 N–H and O–H groups in total. The van der Waals surface area contributed by atoms with Crippen LogP contribution in [0.5, 0.6) is 0 Å². The zero-order valence-corrected chi connectivity index (χ0v) is 19.8. The first-order valence-corrected chi connectivity index (χ1v) is 9.68. The van der Waals surface area contributed by atoms with Crippen molar-refractivity contribution in [1.82, 2.24) is 35.2 Å². The smallest absolute Gasteiger partial charge is 0.193 e. The minimum atomic E-state index is 0. The van der Waals surface area contributed by atoms with E-state index in [4.69, 9.17) is 0 Å². The molecular formula is C22H25IN8. The average Bonchev–Trinajstić information content (AvgIpc) is 3.48. The molecule has 0 amide bonds. The molecule has 2 aromatic carbocycles. The van der Waals surface area contributed by atoms with E-state index in [0.717, 1.165) is 34.2 Å². The van der Waals surface area contributed by atoms with Gasteiger partial charge in [-0.1, -0.05) is 36.4 Å². The zero-order chi connectivity index (χ0) is 20.8. The molecule has 4 aromatic rings. The van der Waals surface area contributed by atoms with Crippen molar-refractivity contribution in [3.8, 4) is 17.1 Å². The molecule has 0 saturated heterocycles. The molecule has 0 radical (unpaired) electrons. The van der Waals surface area contributed by atoms with Crippen LogP contribution in [0.2, 0.25) is 0 Å². The monoisotopic (exact) mass is 528 g/mol. The number of aliphatic imine (C=N–C) groups is 1. The number of aromatic amines is 1. The van der Waals surface area contributed by atoms with E-state index in [9.17, 15) is 0 Å². The molecule has 8 nitrogen and oxygen atoms in total. The molecule has 0 aliphatic rings. The van der Waals surface area contributed by atoms with Crippen molar-refractivity contribution in [3.63, 3.8) is 0 Å². The molecule has 9 heteroatoms. The van der Waals surface area contributed by atoms with Gasteiger partial charge in [-0.25, -0.2) is 9.67 Å². The standard InChI is InChI=1S/C22H24N8.HI/c1-23-22(24-12-17-7-6-8-19(11-17)21-25-16-26-28-21)29(2)14-18-13-27-30(15-18)20-9-4-3-5-10-20;/h3-11,13,15-16H,12,14H2,1-2H3,(H,23,24)(H,25,26,28);1H. The second-order valence-corrected chi connectivity index (χ2v) is 6.92. The number of nitrogens with one attached hydrogen (secondary N) is 2. The van der Waals surface area contributed by atoms with Crippen molar-refractivity contribution in [3.05, 3.63) is 84.4 Å². The summed E-state index contributed by atoms with van der Waals surface area (Å²) in [6, 6.07) is 18.3. The van der Waals surface area contributed by atoms with Crippen LogP contribution in [0.3, 0.4) is 0 Å². The number of hydrogen-bond acceptors (Lipinski definition) is 4. The van der Waals surface area contributed by atoms with E-state index in [0.29, 0.717) is 13.1 Å². The third-order valence-electron chi connectivity index (χ3n) is 4.72. The summed E-state index contributed by atoms with van der Waals surface area (Å²) < 4.78 is 1.88. The Labute approximate surface area is 198 Å². The first-order chi connectivity index (χ1) is 14.7. The van der Waals surface area contributed by atoms with E-state index in [1.54, 1.807) is 7.05 Å². The first kappa shape index (κ1) is 22.5. The molecule has 31 heavy (non-hydrogen) atoms. The van der Waals surface area contributed by atoms with Crippen LogP contribution in [0.1, 0.15) is 11.1 Å². The summed E-state index contributed by atoms with van der Waals surface area (Å²) in [5.74, 6) is 1.57. The van der Waals surface area contributed by atoms with Crippen LogP contribution < -0.4 is 5.32 Å². The van der Waals surface area contributed by atoms with Gasteiger partial charge in [0.1, 0.15) is 6.33 Å². The lowest BCUT2D eigenvalue weighted by molar-refractivity contribution is 0.476. The van der Waals surface area contributed by atoms with Crippen molar-refractivity contribution >= 4 is 29.9 Å². The van der Waals surface area contributed by atoms with Crippen molar-refractivity contribution in [2.75, 3.05) is 14.1 Å². The Morgan fingerprint density at radius 3 is 2.71 bits per heavy atom. The summed E-state index contributed by atoms with van der Waals surface area (Å²) in [5, 5.41) is 14.7. The summed E-state index contributed by atoms with van der Waals surface area (Å²) >= 11 is 0. The van der Waals surface area contributed by atoms with Gasteiger partial charge in [0.05, 0.1) is 11.9 Å². The minimum absolute atomic E-state index is 0. The molecule has 160 valence electrons. The van der Waals surface area contributed by atoms with Crippen molar-refractivity contribution < 1.29 is 0 Å². The molecule has 0 aliphatic heterocycles. The quantitative estimate of drug-likeness (QED) is 0.228. The molecular weight excluding hydrogens is 503 g/mol. The number of hydrogen-bond donors (Lipinski definition) is 2. The lowest BCUT2D eigenvalue weighted by atomic mass is 10.1. The molecule has 0 unspecified atom stereocenters. The maximum atomic E-state index is 4.47. The predicted molar refractivity (Wildman–Crippen MR) is 132 cm³/mol. The summed E-state index contributed by atoms with van der Waals surface area (Å²) in [5.41, 5.74) is 4.29. The summed E-state index contributed by atoms with van der Waals surface area (Å²) in [4.78, 5) is 10.7. The first-order valence-electron chi connectivity index (χ1n) is 9.68. The van der Waals surface area contributed by atoms with Gasteiger partial charge in [0.2, 0.25) is 0 Å². The van der Waals surface area contributed by atoms with Gasteiger partial charge in [-0.2, -0.15) is 10.2 Å². The molecule has 4 rings (SSSR count).